The third-order valence-corrected chi connectivity index (χ3v) is 1.12. The second-order valence-corrected chi connectivity index (χ2v) is 3.30. The summed E-state index contributed by atoms with van der Waals surface area (Å²) in [5.74, 6) is 0. The number of carbonyl (C=O) groups excluding carboxylic acids is 1. The first kappa shape index (κ1) is 11.0. The minimum absolute atomic E-state index is 1.58. The van der Waals surface area contributed by atoms with Crippen molar-refractivity contribution in [1.29, 1.82) is 0 Å². The van der Waals surface area contributed by atoms with Crippen LogP contribution in [0.15, 0.2) is 0 Å². The summed E-state index contributed by atoms with van der Waals surface area (Å²) in [4.78, 5) is 9.90. The highest BCUT2D eigenvalue weighted by Crippen LogP contribution is 2.13. The fourth-order valence-electron chi connectivity index (χ4n) is 0.203. The van der Waals surface area contributed by atoms with Gasteiger partial charge >= 0.3 is 0 Å². The molecule has 11 heteroatoms. The first-order valence-corrected chi connectivity index (χ1v) is 4.67. The number of nitrogens with zero attached hydrogens (tertiary/aromatic N) is 2. The maximum Gasteiger partial charge on any atom is 0.252 e. The predicted octanol–water partition coefficient (Wildman–Crippen LogP) is 0.282. The van der Waals surface area contributed by atoms with E-state index in [-0.39, 0.29) is 0 Å². The zero-order chi connectivity index (χ0) is 9.99. The highest BCUT2D eigenvalue weighted by molar-refractivity contribution is 7.91. The van der Waals surface area contributed by atoms with Gasteiger partial charge in [-0.15, -0.1) is 7.77 Å². The third kappa shape index (κ3) is 7.14. The lowest BCUT2D eigenvalue weighted by Gasteiger charge is -2.22. The summed E-state index contributed by atoms with van der Waals surface area (Å²) in [6, 6.07) is -2.29. The number of carbonyl (C=O) groups is 1. The van der Waals surface area contributed by atoms with Crippen LogP contribution in [0, 0.1) is 0 Å². The number of rotatable bonds is 2. The molecule has 0 saturated carbocycles. The molecule has 0 aromatic carbocycles. The van der Waals surface area contributed by atoms with E-state index in [9.17, 15) is 29.4 Å². The molecule has 0 spiro atoms. The van der Waals surface area contributed by atoms with Crippen LogP contribution < -0.4 is 0 Å². The van der Waals surface area contributed by atoms with Gasteiger partial charge in [-0.05, 0) is 6.03 Å². The second-order valence-electron chi connectivity index (χ2n) is 1.29. The Hall–Kier alpha value is -0.970. The van der Waals surface area contributed by atoms with Crippen molar-refractivity contribution in [2.75, 3.05) is 0 Å². The average Bonchev–Trinajstić information content (AvgIpc) is 1.49. The first-order valence-electron chi connectivity index (χ1n) is 1.99. The molecule has 7 nitrogen and oxygen atoms in total. The van der Waals surface area contributed by atoms with Crippen molar-refractivity contribution in [3.05, 3.63) is 9.44 Å². The topological polar surface area (TPSA) is 114 Å². The van der Waals surface area contributed by atoms with E-state index in [0.29, 0.717) is 0 Å². The predicted molar refractivity (Wildman–Crippen MR) is 32.2 cm³/mol. The molecular weight excluding hydrogens is 222 g/mol. The zero-order valence-electron chi connectivity index (χ0n) is 5.01. The normalized spacial score (nSPS) is 12.2. The van der Waals surface area contributed by atoms with Crippen LogP contribution in [0.4, 0.5) is 12.6 Å². The Balaban J connectivity index is 4.30. The van der Waals surface area contributed by atoms with Gasteiger partial charge in [0.05, 0.1) is 0 Å². The number of hydrogen-bond acceptors (Lipinski definition) is 5. The molecule has 0 N–H and O–H groups in total. The van der Waals surface area contributed by atoms with Crippen molar-refractivity contribution < 1.29 is 29.4 Å². The van der Waals surface area contributed by atoms with Gasteiger partial charge in [-0.2, -0.15) is 0 Å². The molecular formula is CF2N2O5S2-2. The summed E-state index contributed by atoms with van der Waals surface area (Å²) in [6.45, 7) is 0. The number of amides is 2. The van der Waals surface area contributed by atoms with Crippen molar-refractivity contribution in [3.8, 4) is 0 Å². The Labute approximate surface area is 66.4 Å². The van der Waals surface area contributed by atoms with E-state index in [4.69, 9.17) is 0 Å². The molecule has 0 aromatic heterocycles. The van der Waals surface area contributed by atoms with Crippen molar-refractivity contribution >= 4 is 26.8 Å². The Morgan fingerprint density at radius 3 is 1.33 bits per heavy atom. The van der Waals surface area contributed by atoms with Gasteiger partial charge in [0.1, 0.15) is 0 Å². The Morgan fingerprint density at radius 1 is 0.917 bits per heavy atom. The molecule has 0 aliphatic heterocycles. The number of hydrogen-bond donors (Lipinski definition) is 0. The number of halogens is 2. The number of urea groups is 1. The molecule has 72 valence electrons. The van der Waals surface area contributed by atoms with E-state index in [1.54, 1.807) is 9.44 Å². The maximum absolute atomic E-state index is 11.4. The molecule has 2 amide bonds. The lowest BCUT2D eigenvalue weighted by molar-refractivity contribution is 0.266. The van der Waals surface area contributed by atoms with Gasteiger partial charge in [0.25, 0.3) is 20.8 Å². The highest BCUT2D eigenvalue weighted by atomic mass is 32.3. The molecule has 0 fully saturated rings. The monoisotopic (exact) mass is 222 g/mol. The van der Waals surface area contributed by atoms with Crippen LogP contribution in [0.25, 0.3) is 9.44 Å². The minimum atomic E-state index is -5.55. The third-order valence-electron chi connectivity index (χ3n) is 0.374. The Kier molecular flexibility index (Phi) is 2.93. The lowest BCUT2D eigenvalue weighted by atomic mass is 11.2. The van der Waals surface area contributed by atoms with Crippen LogP contribution in [0.2, 0.25) is 0 Å². The fourth-order valence-corrected chi connectivity index (χ4v) is 0.710. The second kappa shape index (κ2) is 3.18. The van der Waals surface area contributed by atoms with Gasteiger partial charge in [-0.25, -0.2) is 16.8 Å². The molecule has 0 aliphatic rings. The van der Waals surface area contributed by atoms with Gasteiger partial charge in [0, 0.05) is 0 Å². The van der Waals surface area contributed by atoms with Crippen LogP contribution in [-0.2, 0) is 20.8 Å². The fraction of sp³-hybridized carbons (Fsp3) is 0. The molecule has 0 aromatic rings. The minimum Gasteiger partial charge on any atom is -0.534 e. The van der Waals surface area contributed by atoms with Crippen molar-refractivity contribution in [3.63, 3.8) is 0 Å². The molecule has 0 aliphatic carbocycles. The van der Waals surface area contributed by atoms with Gasteiger partial charge in [-0.3, -0.25) is 0 Å². The smallest absolute Gasteiger partial charge is 0.252 e. The summed E-state index contributed by atoms with van der Waals surface area (Å²) in [7, 11) is -11.1. The largest absolute Gasteiger partial charge is 0.534 e. The van der Waals surface area contributed by atoms with Crippen molar-refractivity contribution in [2.24, 2.45) is 0 Å². The quantitative estimate of drug-likeness (QED) is 0.622. The van der Waals surface area contributed by atoms with E-state index >= 15 is 0 Å². The standard InChI is InChI=1S/CHF2N2O5S2/c2-11(7,8)4-1(6)5-12(3,9)10/h(H-,4,5,6)/q-1/p-1. The van der Waals surface area contributed by atoms with Crippen LogP contribution >= 0.6 is 0 Å². The summed E-state index contributed by atoms with van der Waals surface area (Å²) in [5.41, 5.74) is 0. The maximum atomic E-state index is 11.4. The summed E-state index contributed by atoms with van der Waals surface area (Å²) < 4.78 is 64.0. The molecule has 12 heavy (non-hydrogen) atoms. The molecule has 0 radical (unpaired) electrons. The van der Waals surface area contributed by atoms with Gasteiger partial charge < -0.3 is 14.2 Å². The lowest BCUT2D eigenvalue weighted by Crippen LogP contribution is -2.01. The van der Waals surface area contributed by atoms with Crippen LogP contribution in [-0.4, -0.2) is 22.9 Å². The molecule has 0 atom stereocenters. The van der Waals surface area contributed by atoms with E-state index in [2.05, 4.69) is 0 Å². The van der Waals surface area contributed by atoms with E-state index in [0.717, 1.165) is 0 Å². The summed E-state index contributed by atoms with van der Waals surface area (Å²) in [5, 5.41) is 0. The average molecular weight is 222 g/mol. The SMILES string of the molecule is O=C([N-]S(=O)(=O)F)[N-]S(=O)(=O)F. The zero-order valence-corrected chi connectivity index (χ0v) is 6.64. The van der Waals surface area contributed by atoms with Gasteiger partial charge in [0.15, 0.2) is 0 Å². The molecule has 0 rings (SSSR count). The van der Waals surface area contributed by atoms with Gasteiger partial charge in [0.2, 0.25) is 0 Å². The summed E-state index contributed by atoms with van der Waals surface area (Å²) >= 11 is 0. The Morgan fingerprint density at radius 2 is 1.17 bits per heavy atom. The van der Waals surface area contributed by atoms with E-state index in [1.807, 2.05) is 0 Å². The molecule has 0 heterocycles. The van der Waals surface area contributed by atoms with Crippen molar-refractivity contribution in [2.45, 2.75) is 0 Å². The van der Waals surface area contributed by atoms with E-state index in [1.165, 1.54) is 0 Å². The van der Waals surface area contributed by atoms with Crippen LogP contribution in [0.5, 0.6) is 0 Å². The summed E-state index contributed by atoms with van der Waals surface area (Å²) in [6.07, 6.45) is 0. The van der Waals surface area contributed by atoms with Crippen LogP contribution in [0.1, 0.15) is 0 Å². The Bertz CT molecular complexity index is 332. The first-order chi connectivity index (χ1) is 5.10. The highest BCUT2D eigenvalue weighted by Gasteiger charge is 1.95. The molecule has 0 unspecified atom stereocenters. The van der Waals surface area contributed by atoms with Gasteiger partial charge in [-0.1, -0.05) is 0 Å². The van der Waals surface area contributed by atoms with Crippen molar-refractivity contribution in [1.82, 2.24) is 0 Å². The van der Waals surface area contributed by atoms with Crippen LogP contribution in [0.3, 0.4) is 0 Å². The van der Waals surface area contributed by atoms with E-state index < -0.39 is 26.8 Å². The molecule has 0 saturated heterocycles. The molecule has 0 bridgehead atoms.